The van der Waals surface area contributed by atoms with Crippen molar-refractivity contribution in [2.75, 3.05) is 18.9 Å². The fraction of sp³-hybridized carbons (Fsp3) is 0.250. The summed E-state index contributed by atoms with van der Waals surface area (Å²) < 4.78 is 10.8. The molecule has 2 aromatic carbocycles. The van der Waals surface area contributed by atoms with Crippen molar-refractivity contribution < 1.29 is 9.26 Å². The van der Waals surface area contributed by atoms with E-state index in [-0.39, 0.29) is 5.92 Å². The van der Waals surface area contributed by atoms with Gasteiger partial charge in [-0.2, -0.15) is 4.98 Å². The van der Waals surface area contributed by atoms with Gasteiger partial charge in [0, 0.05) is 18.2 Å². The maximum absolute atomic E-state index is 6.13. The normalized spacial score (nSPS) is 18.4. The molecule has 1 atom stereocenters. The summed E-state index contributed by atoms with van der Waals surface area (Å²) in [7, 11) is 0. The quantitative estimate of drug-likeness (QED) is 0.731. The maximum Gasteiger partial charge on any atom is 0.260 e. The Labute approximate surface area is 121 Å². The number of ether oxygens (including phenoxy) is 1. The highest BCUT2D eigenvalue weighted by Gasteiger charge is 2.24. The van der Waals surface area contributed by atoms with Crippen molar-refractivity contribution in [3.63, 3.8) is 0 Å². The average molecular weight is 281 g/mol. The van der Waals surface area contributed by atoms with Gasteiger partial charge in [-0.1, -0.05) is 29.4 Å². The lowest BCUT2D eigenvalue weighted by atomic mass is 10.0. The number of rotatable bonds is 2. The van der Waals surface area contributed by atoms with Gasteiger partial charge in [-0.25, -0.2) is 0 Å². The molecule has 1 aliphatic rings. The van der Waals surface area contributed by atoms with E-state index in [0.717, 1.165) is 29.4 Å². The summed E-state index contributed by atoms with van der Waals surface area (Å²) in [5.41, 5.74) is 7.56. The summed E-state index contributed by atoms with van der Waals surface area (Å²) in [5, 5.41) is 6.28. The zero-order valence-electron chi connectivity index (χ0n) is 11.5. The highest BCUT2D eigenvalue weighted by atomic mass is 16.5. The predicted molar refractivity (Wildman–Crippen MR) is 79.8 cm³/mol. The highest BCUT2D eigenvalue weighted by Crippen LogP contribution is 2.31. The Morgan fingerprint density at radius 2 is 1.95 bits per heavy atom. The molecule has 106 valence electrons. The molecule has 5 heteroatoms. The van der Waals surface area contributed by atoms with Crippen LogP contribution >= 0.6 is 0 Å². The Morgan fingerprint density at radius 3 is 2.71 bits per heavy atom. The van der Waals surface area contributed by atoms with Crippen LogP contribution in [0.5, 0.6) is 0 Å². The number of anilines is 1. The van der Waals surface area contributed by atoms with E-state index in [1.807, 2.05) is 36.4 Å². The fourth-order valence-electron chi connectivity index (χ4n) is 2.69. The Bertz CT molecular complexity index is 791. The second-order valence-corrected chi connectivity index (χ2v) is 5.30. The zero-order valence-corrected chi connectivity index (χ0v) is 11.5. The van der Waals surface area contributed by atoms with Crippen LogP contribution in [0.4, 0.5) is 5.69 Å². The number of aromatic nitrogens is 2. The van der Waals surface area contributed by atoms with E-state index in [1.165, 1.54) is 0 Å². The molecule has 0 amide bonds. The molecule has 0 saturated carbocycles. The third-order valence-electron chi connectivity index (χ3n) is 3.88. The van der Waals surface area contributed by atoms with E-state index in [9.17, 15) is 0 Å². The first-order valence-electron chi connectivity index (χ1n) is 7.01. The molecule has 4 rings (SSSR count). The molecule has 0 aliphatic carbocycles. The van der Waals surface area contributed by atoms with Crippen molar-refractivity contribution in [2.24, 2.45) is 0 Å². The molecular formula is C16H15N3O2. The van der Waals surface area contributed by atoms with Crippen LogP contribution in [0.25, 0.3) is 22.2 Å². The van der Waals surface area contributed by atoms with Crippen LogP contribution in [0.3, 0.4) is 0 Å². The molecule has 1 unspecified atom stereocenters. The first-order chi connectivity index (χ1) is 10.3. The van der Waals surface area contributed by atoms with Crippen molar-refractivity contribution in [3.8, 4) is 11.5 Å². The molecule has 2 N–H and O–H groups in total. The summed E-state index contributed by atoms with van der Waals surface area (Å²) in [6, 6.07) is 12.0. The second-order valence-electron chi connectivity index (χ2n) is 5.30. The van der Waals surface area contributed by atoms with Gasteiger partial charge in [0.05, 0.1) is 12.2 Å². The summed E-state index contributed by atoms with van der Waals surface area (Å²) in [6.45, 7) is 1.42. The zero-order chi connectivity index (χ0) is 14.2. The molecule has 21 heavy (non-hydrogen) atoms. The van der Waals surface area contributed by atoms with Crippen LogP contribution in [0.15, 0.2) is 40.9 Å². The number of hydrogen-bond acceptors (Lipinski definition) is 5. The summed E-state index contributed by atoms with van der Waals surface area (Å²) >= 11 is 0. The van der Waals surface area contributed by atoms with Gasteiger partial charge in [0.2, 0.25) is 0 Å². The SMILES string of the molecule is Nc1cc2ccccc2cc1-c1nc(C2CCOC2)no1. The second kappa shape index (κ2) is 4.86. The molecule has 3 aromatic rings. The average Bonchev–Trinajstić information content (AvgIpc) is 3.17. The highest BCUT2D eigenvalue weighted by molar-refractivity contribution is 5.92. The van der Waals surface area contributed by atoms with E-state index in [0.29, 0.717) is 24.0 Å². The Morgan fingerprint density at radius 1 is 1.14 bits per heavy atom. The molecule has 1 fully saturated rings. The maximum atomic E-state index is 6.13. The Hall–Kier alpha value is -2.40. The van der Waals surface area contributed by atoms with Crippen molar-refractivity contribution in [3.05, 3.63) is 42.2 Å². The molecule has 2 heterocycles. The van der Waals surface area contributed by atoms with Gasteiger partial charge in [0.25, 0.3) is 5.89 Å². The molecular weight excluding hydrogens is 266 g/mol. The van der Waals surface area contributed by atoms with Gasteiger partial charge in [-0.05, 0) is 29.3 Å². The first-order valence-corrected chi connectivity index (χ1v) is 7.01. The first kappa shape index (κ1) is 12.3. The monoisotopic (exact) mass is 281 g/mol. The van der Waals surface area contributed by atoms with E-state index < -0.39 is 0 Å². The molecule has 0 spiro atoms. The topological polar surface area (TPSA) is 74.2 Å². The van der Waals surface area contributed by atoms with Gasteiger partial charge in [-0.3, -0.25) is 0 Å². The lowest BCUT2D eigenvalue weighted by Gasteiger charge is -2.04. The number of nitrogen functional groups attached to an aromatic ring is 1. The van der Waals surface area contributed by atoms with Gasteiger partial charge >= 0.3 is 0 Å². The standard InChI is InChI=1S/C16H15N3O2/c17-14-8-11-4-2-1-3-10(11)7-13(14)16-18-15(19-21-16)12-5-6-20-9-12/h1-4,7-8,12H,5-6,9,17H2. The minimum Gasteiger partial charge on any atom is -0.398 e. The lowest BCUT2D eigenvalue weighted by molar-refractivity contribution is 0.192. The van der Waals surface area contributed by atoms with Crippen LogP contribution in [0, 0.1) is 0 Å². The largest absolute Gasteiger partial charge is 0.398 e. The number of fused-ring (bicyclic) bond motifs is 1. The summed E-state index contributed by atoms with van der Waals surface area (Å²) in [4.78, 5) is 4.49. The molecule has 1 saturated heterocycles. The molecule has 0 bridgehead atoms. The van der Waals surface area contributed by atoms with Crippen molar-refractivity contribution >= 4 is 16.5 Å². The predicted octanol–water partition coefficient (Wildman–Crippen LogP) is 2.98. The van der Waals surface area contributed by atoms with Gasteiger partial charge in [-0.15, -0.1) is 0 Å². The number of hydrogen-bond donors (Lipinski definition) is 1. The van der Waals surface area contributed by atoms with Crippen LogP contribution in [-0.2, 0) is 4.74 Å². The van der Waals surface area contributed by atoms with Crippen LogP contribution < -0.4 is 5.73 Å². The molecule has 1 aromatic heterocycles. The summed E-state index contributed by atoms with van der Waals surface area (Å²) in [6.07, 6.45) is 0.937. The minimum atomic E-state index is 0.226. The fourth-order valence-corrected chi connectivity index (χ4v) is 2.69. The van der Waals surface area contributed by atoms with E-state index in [1.54, 1.807) is 0 Å². The minimum absolute atomic E-state index is 0.226. The Kier molecular flexibility index (Phi) is 2.86. The van der Waals surface area contributed by atoms with E-state index in [2.05, 4.69) is 10.1 Å². The van der Waals surface area contributed by atoms with E-state index >= 15 is 0 Å². The number of benzene rings is 2. The Balaban J connectivity index is 1.77. The number of nitrogens with zero attached hydrogens (tertiary/aromatic N) is 2. The third kappa shape index (κ3) is 2.15. The third-order valence-corrected chi connectivity index (χ3v) is 3.88. The number of nitrogens with two attached hydrogens (primary N) is 1. The van der Waals surface area contributed by atoms with Crippen molar-refractivity contribution in [1.82, 2.24) is 10.1 Å². The van der Waals surface area contributed by atoms with Gasteiger partial charge in [0.15, 0.2) is 5.82 Å². The van der Waals surface area contributed by atoms with Gasteiger partial charge < -0.3 is 15.0 Å². The van der Waals surface area contributed by atoms with E-state index in [4.69, 9.17) is 15.0 Å². The van der Waals surface area contributed by atoms with Gasteiger partial charge in [0.1, 0.15) is 0 Å². The smallest absolute Gasteiger partial charge is 0.260 e. The summed E-state index contributed by atoms with van der Waals surface area (Å²) in [5.74, 6) is 1.40. The van der Waals surface area contributed by atoms with Crippen LogP contribution in [0.1, 0.15) is 18.2 Å². The van der Waals surface area contributed by atoms with Crippen molar-refractivity contribution in [2.45, 2.75) is 12.3 Å². The van der Waals surface area contributed by atoms with Crippen LogP contribution in [-0.4, -0.2) is 23.4 Å². The molecule has 5 nitrogen and oxygen atoms in total. The lowest BCUT2D eigenvalue weighted by Crippen LogP contribution is -1.99. The molecule has 1 aliphatic heterocycles. The van der Waals surface area contributed by atoms with Crippen LogP contribution in [0.2, 0.25) is 0 Å². The molecule has 0 radical (unpaired) electrons. The van der Waals surface area contributed by atoms with Crippen molar-refractivity contribution in [1.29, 1.82) is 0 Å².